The maximum Gasteiger partial charge on any atom is 0.174 e. The summed E-state index contributed by atoms with van der Waals surface area (Å²) in [5, 5.41) is 4.30. The molecule has 0 bridgehead atoms. The third-order valence-electron chi connectivity index (χ3n) is 6.68. The highest BCUT2D eigenvalue weighted by Crippen LogP contribution is 2.44. The first kappa shape index (κ1) is 23.1. The zero-order valence-electron chi connectivity index (χ0n) is 20.7. The average molecular weight is 483 g/mol. The molecule has 2 aromatic heterocycles. The predicted octanol–water partition coefficient (Wildman–Crippen LogP) is 6.29. The summed E-state index contributed by atoms with van der Waals surface area (Å²) < 4.78 is 7.78. The normalized spacial score (nSPS) is 17.5. The Morgan fingerprint density at radius 2 is 1.66 bits per heavy atom. The standard InChI is InChI=1S/C29H30N4OS/c1-18-13-19(2)15-23(14-18)33-28(27(31-29(33)35)26-11-6-7-12-30-26)25-16-20(3)32(21(25)4)22-9-8-10-24(17-22)34-5/h6-17,27-28H,1-5H3,(H,31,35)/t27-,28-/m1/s1. The third-order valence-corrected chi connectivity index (χ3v) is 7.00. The van der Waals surface area contributed by atoms with E-state index in [0.717, 1.165) is 28.5 Å². The van der Waals surface area contributed by atoms with Crippen molar-refractivity contribution in [2.24, 2.45) is 0 Å². The van der Waals surface area contributed by atoms with Crippen LogP contribution in [0.1, 0.15) is 45.9 Å². The van der Waals surface area contributed by atoms with Crippen LogP contribution in [-0.2, 0) is 0 Å². The Labute approximate surface area is 212 Å². The fourth-order valence-corrected chi connectivity index (χ4v) is 5.62. The van der Waals surface area contributed by atoms with E-state index < -0.39 is 0 Å². The molecule has 1 fully saturated rings. The number of rotatable bonds is 5. The first-order valence-corrected chi connectivity index (χ1v) is 12.2. The van der Waals surface area contributed by atoms with E-state index in [1.807, 2.05) is 30.5 Å². The van der Waals surface area contributed by atoms with Gasteiger partial charge in [-0.3, -0.25) is 4.98 Å². The topological polar surface area (TPSA) is 42.3 Å². The van der Waals surface area contributed by atoms with Gasteiger partial charge in [-0.05, 0) is 99.1 Å². The number of thiocarbonyl (C=S) groups is 1. The number of nitrogens with zero attached hydrogens (tertiary/aromatic N) is 3. The van der Waals surface area contributed by atoms with E-state index in [1.54, 1.807) is 7.11 Å². The van der Waals surface area contributed by atoms with E-state index in [-0.39, 0.29) is 12.1 Å². The fraction of sp³-hybridized carbons (Fsp3) is 0.241. The molecule has 6 heteroatoms. The van der Waals surface area contributed by atoms with Crippen LogP contribution in [0.4, 0.5) is 5.69 Å². The molecular weight excluding hydrogens is 452 g/mol. The lowest BCUT2D eigenvalue weighted by molar-refractivity contribution is 0.414. The van der Waals surface area contributed by atoms with Gasteiger partial charge in [0, 0.05) is 35.0 Å². The van der Waals surface area contributed by atoms with Gasteiger partial charge >= 0.3 is 0 Å². The molecule has 1 aliphatic rings. The van der Waals surface area contributed by atoms with E-state index in [9.17, 15) is 0 Å². The zero-order valence-corrected chi connectivity index (χ0v) is 21.6. The van der Waals surface area contributed by atoms with Crippen molar-refractivity contribution in [1.82, 2.24) is 14.9 Å². The minimum atomic E-state index is -0.0798. The Morgan fingerprint density at radius 1 is 0.886 bits per heavy atom. The van der Waals surface area contributed by atoms with Gasteiger partial charge < -0.3 is 19.5 Å². The number of methoxy groups -OCH3 is 1. The van der Waals surface area contributed by atoms with E-state index in [4.69, 9.17) is 21.9 Å². The van der Waals surface area contributed by atoms with Crippen LogP contribution in [0.15, 0.2) is 72.9 Å². The second-order valence-corrected chi connectivity index (χ2v) is 9.59. The number of aromatic nitrogens is 2. The lowest BCUT2D eigenvalue weighted by atomic mass is 9.96. The average Bonchev–Trinajstić information content (AvgIpc) is 3.34. The molecule has 0 saturated carbocycles. The number of hydrogen-bond donors (Lipinski definition) is 1. The summed E-state index contributed by atoms with van der Waals surface area (Å²) in [5.74, 6) is 0.837. The monoisotopic (exact) mass is 482 g/mol. The number of hydrogen-bond acceptors (Lipinski definition) is 3. The molecule has 0 aliphatic carbocycles. The van der Waals surface area contributed by atoms with E-state index in [2.05, 4.69) is 84.9 Å². The number of nitrogens with one attached hydrogen (secondary N) is 1. The van der Waals surface area contributed by atoms with Crippen LogP contribution < -0.4 is 15.0 Å². The molecule has 2 atom stereocenters. The number of ether oxygens (including phenoxy) is 1. The first-order valence-electron chi connectivity index (χ1n) is 11.8. The van der Waals surface area contributed by atoms with E-state index in [0.29, 0.717) is 5.11 Å². The Bertz CT molecular complexity index is 1380. The highest BCUT2D eigenvalue weighted by Gasteiger charge is 2.42. The largest absolute Gasteiger partial charge is 0.497 e. The van der Waals surface area contributed by atoms with Gasteiger partial charge in [0.2, 0.25) is 0 Å². The van der Waals surface area contributed by atoms with Crippen molar-refractivity contribution in [3.8, 4) is 11.4 Å². The van der Waals surface area contributed by atoms with Crippen LogP contribution in [-0.4, -0.2) is 21.8 Å². The molecule has 0 spiro atoms. The molecule has 35 heavy (non-hydrogen) atoms. The third kappa shape index (κ3) is 4.19. The number of pyridine rings is 1. The Balaban J connectivity index is 1.69. The molecule has 1 aliphatic heterocycles. The van der Waals surface area contributed by atoms with Crippen molar-refractivity contribution in [2.45, 2.75) is 39.8 Å². The molecule has 3 heterocycles. The first-order chi connectivity index (χ1) is 16.9. The van der Waals surface area contributed by atoms with Crippen LogP contribution in [0.3, 0.4) is 0 Å². The summed E-state index contributed by atoms with van der Waals surface area (Å²) in [7, 11) is 1.70. The Morgan fingerprint density at radius 3 is 2.34 bits per heavy atom. The molecule has 4 aromatic rings. The number of benzene rings is 2. The zero-order chi connectivity index (χ0) is 24.7. The maximum absolute atomic E-state index is 5.94. The molecule has 5 rings (SSSR count). The lowest BCUT2D eigenvalue weighted by Crippen LogP contribution is -2.29. The molecule has 0 radical (unpaired) electrons. The second-order valence-electron chi connectivity index (χ2n) is 9.21. The van der Waals surface area contributed by atoms with Crippen LogP contribution in [0.5, 0.6) is 5.75 Å². The van der Waals surface area contributed by atoms with Crippen molar-refractivity contribution in [3.05, 3.63) is 107 Å². The smallest absolute Gasteiger partial charge is 0.174 e. The van der Waals surface area contributed by atoms with Gasteiger partial charge in [-0.1, -0.05) is 18.2 Å². The molecule has 1 N–H and O–H groups in total. The number of anilines is 1. The van der Waals surface area contributed by atoms with Crippen LogP contribution in [0, 0.1) is 27.7 Å². The Kier molecular flexibility index (Phi) is 6.07. The fourth-order valence-electron chi connectivity index (χ4n) is 5.27. The van der Waals surface area contributed by atoms with Gasteiger partial charge in [0.25, 0.3) is 0 Å². The summed E-state index contributed by atoms with van der Waals surface area (Å²) in [6, 6.07) is 23.0. The second kappa shape index (κ2) is 9.19. The van der Waals surface area contributed by atoms with Gasteiger partial charge in [0.05, 0.1) is 24.9 Å². The summed E-state index contributed by atoms with van der Waals surface area (Å²) in [6.07, 6.45) is 1.84. The van der Waals surface area contributed by atoms with Crippen LogP contribution in [0.2, 0.25) is 0 Å². The highest BCUT2D eigenvalue weighted by molar-refractivity contribution is 7.80. The molecule has 0 amide bonds. The summed E-state index contributed by atoms with van der Waals surface area (Å²) >= 11 is 5.94. The molecule has 1 saturated heterocycles. The van der Waals surface area contributed by atoms with Crippen molar-refractivity contribution >= 4 is 23.0 Å². The lowest BCUT2D eigenvalue weighted by Gasteiger charge is -2.29. The summed E-state index contributed by atoms with van der Waals surface area (Å²) in [4.78, 5) is 6.96. The van der Waals surface area contributed by atoms with E-state index >= 15 is 0 Å². The van der Waals surface area contributed by atoms with Gasteiger partial charge in [-0.25, -0.2) is 0 Å². The molecule has 178 valence electrons. The summed E-state index contributed by atoms with van der Waals surface area (Å²) in [5.41, 5.74) is 9.10. The van der Waals surface area contributed by atoms with E-state index in [1.165, 1.54) is 22.4 Å². The summed E-state index contributed by atoms with van der Waals surface area (Å²) in [6.45, 7) is 8.58. The van der Waals surface area contributed by atoms with Gasteiger partial charge in [-0.2, -0.15) is 0 Å². The van der Waals surface area contributed by atoms with Crippen molar-refractivity contribution in [2.75, 3.05) is 12.0 Å². The SMILES string of the molecule is COc1cccc(-n2c(C)cc([C@@H]3[C@@H](c4ccccn4)NC(=S)N3c3cc(C)cc(C)c3)c2C)c1. The number of aryl methyl sites for hydroxylation is 3. The Hall–Kier alpha value is -3.64. The highest BCUT2D eigenvalue weighted by atomic mass is 32.1. The molecule has 5 nitrogen and oxygen atoms in total. The van der Waals surface area contributed by atoms with Crippen molar-refractivity contribution in [3.63, 3.8) is 0 Å². The molecule has 2 aromatic carbocycles. The van der Waals surface area contributed by atoms with Crippen LogP contribution in [0.25, 0.3) is 5.69 Å². The van der Waals surface area contributed by atoms with Crippen molar-refractivity contribution < 1.29 is 4.74 Å². The maximum atomic E-state index is 5.94. The molecular formula is C29H30N4OS. The molecule has 0 unspecified atom stereocenters. The predicted molar refractivity (Wildman–Crippen MR) is 146 cm³/mol. The van der Waals surface area contributed by atoms with Crippen LogP contribution >= 0.6 is 12.2 Å². The van der Waals surface area contributed by atoms with Crippen molar-refractivity contribution in [1.29, 1.82) is 0 Å². The quantitative estimate of drug-likeness (QED) is 0.339. The van der Waals surface area contributed by atoms with Gasteiger partial charge in [0.1, 0.15) is 5.75 Å². The minimum Gasteiger partial charge on any atom is -0.497 e. The minimum absolute atomic E-state index is 0.0517. The van der Waals surface area contributed by atoms with Gasteiger partial charge in [0.15, 0.2) is 5.11 Å². The van der Waals surface area contributed by atoms with Gasteiger partial charge in [-0.15, -0.1) is 0 Å².